The van der Waals surface area contributed by atoms with Gasteiger partial charge in [0.1, 0.15) is 10.3 Å². The quantitative estimate of drug-likeness (QED) is 0.869. The number of halogens is 1. The summed E-state index contributed by atoms with van der Waals surface area (Å²) in [5.74, 6) is 0.804. The predicted molar refractivity (Wildman–Crippen MR) is 84.9 cm³/mol. The number of benzene rings is 1. The van der Waals surface area contributed by atoms with E-state index >= 15 is 0 Å². The molecule has 1 aromatic heterocycles. The van der Waals surface area contributed by atoms with Crippen LogP contribution in [0.3, 0.4) is 0 Å². The third-order valence-corrected chi connectivity index (χ3v) is 3.76. The highest BCUT2D eigenvalue weighted by atomic mass is 79.9. The molecule has 0 aliphatic rings. The topological polar surface area (TPSA) is 75.2 Å². The molecule has 0 fully saturated rings. The number of aromatic amines is 1. The molecule has 0 bridgehead atoms. The molecule has 6 heteroatoms. The highest BCUT2D eigenvalue weighted by Gasteiger charge is 2.22. The number of ether oxygens (including phenoxy) is 1. The van der Waals surface area contributed by atoms with Crippen molar-refractivity contribution in [1.29, 1.82) is 0 Å². The van der Waals surface area contributed by atoms with E-state index in [0.717, 1.165) is 0 Å². The third kappa shape index (κ3) is 3.10. The normalized spacial score (nSPS) is 11.5. The van der Waals surface area contributed by atoms with Crippen molar-refractivity contribution in [1.82, 2.24) is 9.97 Å². The van der Waals surface area contributed by atoms with Crippen LogP contribution in [0, 0.1) is 0 Å². The second-order valence-corrected chi connectivity index (χ2v) is 6.51. The number of phenolic OH excluding ortho intramolecular Hbond substituents is 1. The van der Waals surface area contributed by atoms with Crippen molar-refractivity contribution >= 4 is 15.9 Å². The average Bonchev–Trinajstić information content (AvgIpc) is 2.41. The summed E-state index contributed by atoms with van der Waals surface area (Å²) in [6.07, 6.45) is 0. The molecule has 0 saturated carbocycles. The summed E-state index contributed by atoms with van der Waals surface area (Å²) in [6.45, 7) is 5.96. The summed E-state index contributed by atoms with van der Waals surface area (Å²) in [7, 11) is 1.47. The molecular formula is C15H17BrN2O3. The number of H-pyrrole nitrogens is 1. The van der Waals surface area contributed by atoms with E-state index in [0.29, 0.717) is 27.3 Å². The van der Waals surface area contributed by atoms with Crippen molar-refractivity contribution in [3.05, 3.63) is 38.7 Å². The zero-order valence-electron chi connectivity index (χ0n) is 12.3. The molecule has 2 N–H and O–H groups in total. The first-order chi connectivity index (χ1) is 9.74. The SMILES string of the molecule is COc1cc(-c2nc(C(C)(C)C)c(Br)c(=O)[nH]2)ccc1O. The lowest BCUT2D eigenvalue weighted by Gasteiger charge is -2.19. The molecule has 2 rings (SSSR count). The van der Waals surface area contributed by atoms with E-state index in [-0.39, 0.29) is 16.7 Å². The molecule has 21 heavy (non-hydrogen) atoms. The molecule has 1 heterocycles. The fraction of sp³-hybridized carbons (Fsp3) is 0.333. The number of rotatable bonds is 2. The van der Waals surface area contributed by atoms with Crippen LogP contribution in [0.5, 0.6) is 11.5 Å². The summed E-state index contributed by atoms with van der Waals surface area (Å²) in [6, 6.07) is 4.82. The van der Waals surface area contributed by atoms with Gasteiger partial charge in [0.2, 0.25) is 0 Å². The molecule has 0 spiro atoms. The summed E-state index contributed by atoms with van der Waals surface area (Å²) in [4.78, 5) is 19.3. The maximum absolute atomic E-state index is 12.1. The van der Waals surface area contributed by atoms with Gasteiger partial charge in [0, 0.05) is 11.0 Å². The van der Waals surface area contributed by atoms with Gasteiger partial charge < -0.3 is 14.8 Å². The van der Waals surface area contributed by atoms with Gasteiger partial charge >= 0.3 is 0 Å². The Morgan fingerprint density at radius 3 is 2.57 bits per heavy atom. The van der Waals surface area contributed by atoms with Crippen LogP contribution >= 0.6 is 15.9 Å². The fourth-order valence-corrected chi connectivity index (χ4v) is 2.70. The van der Waals surface area contributed by atoms with Gasteiger partial charge in [-0.3, -0.25) is 4.79 Å². The minimum absolute atomic E-state index is 0.0387. The van der Waals surface area contributed by atoms with Crippen LogP contribution in [-0.2, 0) is 5.41 Å². The Hall–Kier alpha value is -1.82. The zero-order valence-corrected chi connectivity index (χ0v) is 13.9. The van der Waals surface area contributed by atoms with Crippen molar-refractivity contribution in [2.45, 2.75) is 26.2 Å². The van der Waals surface area contributed by atoms with Crippen LogP contribution in [0.25, 0.3) is 11.4 Å². The number of aromatic nitrogens is 2. The van der Waals surface area contributed by atoms with E-state index in [1.54, 1.807) is 12.1 Å². The molecule has 0 atom stereocenters. The van der Waals surface area contributed by atoms with Crippen LogP contribution in [0.1, 0.15) is 26.5 Å². The van der Waals surface area contributed by atoms with Crippen LogP contribution < -0.4 is 10.3 Å². The lowest BCUT2D eigenvalue weighted by atomic mass is 9.92. The largest absolute Gasteiger partial charge is 0.504 e. The number of hydrogen-bond acceptors (Lipinski definition) is 4. The molecule has 0 radical (unpaired) electrons. The van der Waals surface area contributed by atoms with Crippen molar-refractivity contribution in [3.8, 4) is 22.9 Å². The Labute approximate surface area is 131 Å². The van der Waals surface area contributed by atoms with Crippen LogP contribution in [0.15, 0.2) is 27.5 Å². The minimum Gasteiger partial charge on any atom is -0.504 e. The van der Waals surface area contributed by atoms with Crippen molar-refractivity contribution in [2.75, 3.05) is 7.11 Å². The molecule has 112 valence electrons. The highest BCUT2D eigenvalue weighted by Crippen LogP contribution is 2.31. The Morgan fingerprint density at radius 1 is 1.33 bits per heavy atom. The van der Waals surface area contributed by atoms with Gasteiger partial charge in [-0.15, -0.1) is 0 Å². The van der Waals surface area contributed by atoms with Crippen LogP contribution in [-0.4, -0.2) is 22.2 Å². The standard InChI is InChI=1S/C15H17BrN2O3/c1-15(2,3)12-11(16)14(20)18-13(17-12)8-5-6-9(19)10(7-8)21-4/h5-7,19H,1-4H3,(H,17,18,20). The first-order valence-corrected chi connectivity index (χ1v) is 7.21. The molecular weight excluding hydrogens is 336 g/mol. The first kappa shape index (κ1) is 15.6. The van der Waals surface area contributed by atoms with Gasteiger partial charge in [-0.05, 0) is 34.1 Å². The lowest BCUT2D eigenvalue weighted by molar-refractivity contribution is 0.373. The van der Waals surface area contributed by atoms with E-state index in [4.69, 9.17) is 4.74 Å². The Kier molecular flexibility index (Phi) is 4.09. The Bertz CT molecular complexity index is 733. The summed E-state index contributed by atoms with van der Waals surface area (Å²) in [5, 5.41) is 9.64. The predicted octanol–water partition coefficient (Wildman–Crippen LogP) is 3.21. The molecule has 0 aliphatic heterocycles. The average molecular weight is 353 g/mol. The molecule has 2 aromatic rings. The van der Waals surface area contributed by atoms with E-state index in [1.807, 2.05) is 20.8 Å². The number of methoxy groups -OCH3 is 1. The molecule has 1 aromatic carbocycles. The number of hydrogen-bond donors (Lipinski definition) is 2. The summed E-state index contributed by atoms with van der Waals surface area (Å²) < 4.78 is 5.51. The maximum atomic E-state index is 12.1. The van der Waals surface area contributed by atoms with Gasteiger partial charge in [-0.25, -0.2) is 4.98 Å². The third-order valence-electron chi connectivity index (χ3n) is 3.03. The minimum atomic E-state index is -0.275. The highest BCUT2D eigenvalue weighted by molar-refractivity contribution is 9.10. The van der Waals surface area contributed by atoms with E-state index in [1.165, 1.54) is 13.2 Å². The number of nitrogens with zero attached hydrogens (tertiary/aromatic N) is 1. The van der Waals surface area contributed by atoms with Gasteiger partial charge in [0.25, 0.3) is 5.56 Å². The smallest absolute Gasteiger partial charge is 0.265 e. The van der Waals surface area contributed by atoms with Crippen LogP contribution in [0.2, 0.25) is 0 Å². The number of nitrogens with one attached hydrogen (secondary N) is 1. The van der Waals surface area contributed by atoms with Crippen molar-refractivity contribution in [2.24, 2.45) is 0 Å². The Morgan fingerprint density at radius 2 is 2.00 bits per heavy atom. The van der Waals surface area contributed by atoms with Gasteiger partial charge in [-0.1, -0.05) is 20.8 Å². The fourth-order valence-electron chi connectivity index (χ4n) is 1.92. The van der Waals surface area contributed by atoms with E-state index in [9.17, 15) is 9.90 Å². The van der Waals surface area contributed by atoms with Crippen LogP contribution in [0.4, 0.5) is 0 Å². The second kappa shape index (κ2) is 5.52. The van der Waals surface area contributed by atoms with Crippen molar-refractivity contribution < 1.29 is 9.84 Å². The van der Waals surface area contributed by atoms with E-state index < -0.39 is 0 Å². The van der Waals surface area contributed by atoms with Gasteiger partial charge in [-0.2, -0.15) is 0 Å². The second-order valence-electron chi connectivity index (χ2n) is 5.71. The maximum Gasteiger partial charge on any atom is 0.265 e. The molecule has 0 amide bonds. The summed E-state index contributed by atoms with van der Waals surface area (Å²) >= 11 is 3.29. The number of aromatic hydroxyl groups is 1. The van der Waals surface area contributed by atoms with Crippen molar-refractivity contribution in [3.63, 3.8) is 0 Å². The lowest BCUT2D eigenvalue weighted by Crippen LogP contribution is -2.22. The first-order valence-electron chi connectivity index (χ1n) is 6.41. The monoisotopic (exact) mass is 352 g/mol. The zero-order chi connectivity index (χ0) is 15.8. The molecule has 0 unspecified atom stereocenters. The number of phenols is 1. The Balaban J connectivity index is 2.65. The molecule has 0 aliphatic carbocycles. The molecule has 5 nitrogen and oxygen atoms in total. The van der Waals surface area contributed by atoms with E-state index in [2.05, 4.69) is 25.9 Å². The molecule has 0 saturated heterocycles. The summed E-state index contributed by atoms with van der Waals surface area (Å²) in [5.41, 5.74) is 0.827. The van der Waals surface area contributed by atoms with Gasteiger partial charge in [0.15, 0.2) is 11.5 Å². The van der Waals surface area contributed by atoms with Gasteiger partial charge in [0.05, 0.1) is 12.8 Å².